The normalized spacial score (nSPS) is 24.6. The fourth-order valence-electron chi connectivity index (χ4n) is 1.89. The van der Waals surface area contributed by atoms with E-state index in [2.05, 4.69) is 29.7 Å². The van der Waals surface area contributed by atoms with Gasteiger partial charge in [-0.1, -0.05) is 0 Å². The third kappa shape index (κ3) is 3.28. The molecule has 1 aliphatic rings. The fourth-order valence-corrected chi connectivity index (χ4v) is 2.72. The summed E-state index contributed by atoms with van der Waals surface area (Å²) in [5, 5.41) is 6.12. The summed E-state index contributed by atoms with van der Waals surface area (Å²) in [5.41, 5.74) is 0. The van der Waals surface area contributed by atoms with Crippen LogP contribution in [0.15, 0.2) is 12.1 Å². The van der Waals surface area contributed by atoms with Gasteiger partial charge < -0.3 is 15.4 Å². The van der Waals surface area contributed by atoms with Crippen molar-refractivity contribution in [2.75, 3.05) is 13.2 Å². The van der Waals surface area contributed by atoms with E-state index in [4.69, 9.17) is 4.74 Å². The molecule has 1 amide bonds. The van der Waals surface area contributed by atoms with Crippen LogP contribution in [0.3, 0.4) is 0 Å². The quantitative estimate of drug-likeness (QED) is 0.847. The molecule has 2 heterocycles. The first-order valence-electron chi connectivity index (χ1n) is 5.85. The highest BCUT2D eigenvalue weighted by atomic mass is 32.1. The van der Waals surface area contributed by atoms with E-state index in [9.17, 15) is 4.79 Å². The first kappa shape index (κ1) is 12.5. The Morgan fingerprint density at radius 1 is 1.65 bits per heavy atom. The first-order chi connectivity index (χ1) is 8.16. The second-order valence-corrected chi connectivity index (χ2v) is 5.61. The highest BCUT2D eigenvalue weighted by Crippen LogP contribution is 2.14. The van der Waals surface area contributed by atoms with Gasteiger partial charge in [0.2, 0.25) is 5.91 Å². The molecule has 0 spiro atoms. The Labute approximate surface area is 105 Å². The molecule has 5 heteroatoms. The van der Waals surface area contributed by atoms with E-state index >= 15 is 0 Å². The molecule has 1 fully saturated rings. The minimum absolute atomic E-state index is 0.0169. The standard InChI is InChI=1S/C12H18N2O2S/c1-8-3-4-10(17-8)7-14-12(15)11-9(2)16-6-5-13-11/h3-4,9,11,13H,5-7H2,1-2H3,(H,14,15)/t9-,11+/m1/s1. The predicted octanol–water partition coefficient (Wildman–Crippen LogP) is 1.05. The predicted molar refractivity (Wildman–Crippen MR) is 68.1 cm³/mol. The van der Waals surface area contributed by atoms with Gasteiger partial charge in [-0.2, -0.15) is 0 Å². The van der Waals surface area contributed by atoms with Crippen LogP contribution in [0.1, 0.15) is 16.7 Å². The van der Waals surface area contributed by atoms with Crippen molar-refractivity contribution in [3.8, 4) is 0 Å². The summed E-state index contributed by atoms with van der Waals surface area (Å²) in [6, 6.07) is 3.88. The average Bonchev–Trinajstić information content (AvgIpc) is 2.73. The van der Waals surface area contributed by atoms with Gasteiger partial charge >= 0.3 is 0 Å². The molecule has 2 atom stereocenters. The smallest absolute Gasteiger partial charge is 0.240 e. The second kappa shape index (κ2) is 5.62. The molecule has 0 saturated carbocycles. The average molecular weight is 254 g/mol. The number of carbonyl (C=O) groups excluding carboxylic acids is 1. The third-order valence-electron chi connectivity index (χ3n) is 2.83. The van der Waals surface area contributed by atoms with E-state index in [1.807, 2.05) is 6.92 Å². The Hall–Kier alpha value is -0.910. The monoisotopic (exact) mass is 254 g/mol. The maximum Gasteiger partial charge on any atom is 0.240 e. The lowest BCUT2D eigenvalue weighted by molar-refractivity contribution is -0.129. The summed E-state index contributed by atoms with van der Waals surface area (Å²) in [4.78, 5) is 14.4. The van der Waals surface area contributed by atoms with Crippen LogP contribution in [0.2, 0.25) is 0 Å². The van der Waals surface area contributed by atoms with Gasteiger partial charge in [0.05, 0.1) is 19.3 Å². The summed E-state index contributed by atoms with van der Waals surface area (Å²) in [5.74, 6) is 0.0169. The number of aryl methyl sites for hydroxylation is 1. The van der Waals surface area contributed by atoms with Crippen LogP contribution in [0.5, 0.6) is 0 Å². The van der Waals surface area contributed by atoms with Crippen molar-refractivity contribution in [1.82, 2.24) is 10.6 Å². The van der Waals surface area contributed by atoms with Gasteiger partial charge in [0.1, 0.15) is 6.04 Å². The Balaban J connectivity index is 1.84. The zero-order valence-corrected chi connectivity index (χ0v) is 11.0. The second-order valence-electron chi connectivity index (χ2n) is 4.24. The van der Waals surface area contributed by atoms with E-state index in [1.165, 1.54) is 9.75 Å². The molecule has 1 aromatic heterocycles. The maximum atomic E-state index is 11.9. The highest BCUT2D eigenvalue weighted by Gasteiger charge is 2.27. The molecule has 4 nitrogen and oxygen atoms in total. The molecular formula is C12H18N2O2S. The van der Waals surface area contributed by atoms with E-state index in [0.717, 1.165) is 6.54 Å². The molecule has 94 valence electrons. The zero-order chi connectivity index (χ0) is 12.3. The third-order valence-corrected chi connectivity index (χ3v) is 3.83. The van der Waals surface area contributed by atoms with Gasteiger partial charge in [0, 0.05) is 16.3 Å². The molecule has 0 aliphatic carbocycles. The molecule has 1 aliphatic heterocycles. The number of hydrogen-bond donors (Lipinski definition) is 2. The summed E-state index contributed by atoms with van der Waals surface area (Å²) in [7, 11) is 0. The number of hydrogen-bond acceptors (Lipinski definition) is 4. The molecule has 0 aromatic carbocycles. The lowest BCUT2D eigenvalue weighted by Crippen LogP contribution is -2.55. The van der Waals surface area contributed by atoms with Crippen LogP contribution in [0, 0.1) is 6.92 Å². The summed E-state index contributed by atoms with van der Waals surface area (Å²) in [6.45, 7) is 6.00. The minimum atomic E-state index is -0.232. The van der Waals surface area contributed by atoms with Crippen LogP contribution in [0.25, 0.3) is 0 Å². The molecule has 0 radical (unpaired) electrons. The van der Waals surface area contributed by atoms with Crippen LogP contribution >= 0.6 is 11.3 Å². The van der Waals surface area contributed by atoms with Crippen LogP contribution in [-0.2, 0) is 16.1 Å². The van der Waals surface area contributed by atoms with Crippen LogP contribution in [0.4, 0.5) is 0 Å². The van der Waals surface area contributed by atoms with Crippen molar-refractivity contribution in [1.29, 1.82) is 0 Å². The number of ether oxygens (including phenoxy) is 1. The zero-order valence-electron chi connectivity index (χ0n) is 10.2. The SMILES string of the molecule is Cc1ccc(CNC(=O)[C@H]2NCCO[C@@H]2C)s1. The van der Waals surface area contributed by atoms with Crippen LogP contribution < -0.4 is 10.6 Å². The van der Waals surface area contributed by atoms with E-state index in [-0.39, 0.29) is 18.1 Å². The molecule has 0 unspecified atom stereocenters. The minimum Gasteiger partial charge on any atom is -0.375 e. The van der Waals surface area contributed by atoms with E-state index in [0.29, 0.717) is 13.2 Å². The highest BCUT2D eigenvalue weighted by molar-refractivity contribution is 7.11. The maximum absolute atomic E-state index is 11.9. The topological polar surface area (TPSA) is 50.4 Å². The lowest BCUT2D eigenvalue weighted by Gasteiger charge is -2.29. The Kier molecular flexibility index (Phi) is 4.15. The molecule has 1 aromatic rings. The van der Waals surface area contributed by atoms with Gasteiger partial charge in [0.25, 0.3) is 0 Å². The van der Waals surface area contributed by atoms with Crippen molar-refractivity contribution in [3.05, 3.63) is 21.9 Å². The van der Waals surface area contributed by atoms with E-state index < -0.39 is 0 Å². The molecule has 2 N–H and O–H groups in total. The van der Waals surface area contributed by atoms with Crippen molar-refractivity contribution in [2.24, 2.45) is 0 Å². The Morgan fingerprint density at radius 3 is 3.12 bits per heavy atom. The molecular weight excluding hydrogens is 236 g/mol. The van der Waals surface area contributed by atoms with Gasteiger partial charge in [-0.05, 0) is 26.0 Å². The number of morpholine rings is 1. The summed E-state index contributed by atoms with van der Waals surface area (Å²) in [6.07, 6.45) is -0.0613. The van der Waals surface area contributed by atoms with Gasteiger partial charge in [0.15, 0.2) is 0 Å². The van der Waals surface area contributed by atoms with Crippen molar-refractivity contribution < 1.29 is 9.53 Å². The van der Waals surface area contributed by atoms with E-state index in [1.54, 1.807) is 11.3 Å². The molecule has 1 saturated heterocycles. The largest absolute Gasteiger partial charge is 0.375 e. The molecule has 2 rings (SSSR count). The number of nitrogens with one attached hydrogen (secondary N) is 2. The number of thiophene rings is 1. The first-order valence-corrected chi connectivity index (χ1v) is 6.66. The molecule has 17 heavy (non-hydrogen) atoms. The number of rotatable bonds is 3. The number of amides is 1. The Bertz CT molecular complexity index is 392. The van der Waals surface area contributed by atoms with Crippen molar-refractivity contribution >= 4 is 17.2 Å². The van der Waals surface area contributed by atoms with Gasteiger partial charge in [-0.15, -0.1) is 11.3 Å². The lowest BCUT2D eigenvalue weighted by atomic mass is 10.1. The van der Waals surface area contributed by atoms with Crippen LogP contribution in [-0.4, -0.2) is 31.2 Å². The Morgan fingerprint density at radius 2 is 2.47 bits per heavy atom. The summed E-state index contributed by atoms with van der Waals surface area (Å²) < 4.78 is 5.45. The summed E-state index contributed by atoms with van der Waals surface area (Å²) >= 11 is 1.71. The fraction of sp³-hybridized carbons (Fsp3) is 0.583. The molecule has 0 bridgehead atoms. The van der Waals surface area contributed by atoms with Gasteiger partial charge in [-0.3, -0.25) is 4.79 Å². The van der Waals surface area contributed by atoms with Crippen molar-refractivity contribution in [2.45, 2.75) is 32.5 Å². The number of carbonyl (C=O) groups is 1. The van der Waals surface area contributed by atoms with Crippen molar-refractivity contribution in [3.63, 3.8) is 0 Å². The van der Waals surface area contributed by atoms with Gasteiger partial charge in [-0.25, -0.2) is 0 Å².